The fourth-order valence-corrected chi connectivity index (χ4v) is 9.64. The number of carbonyl (C=O) groups is 2. The van der Waals surface area contributed by atoms with Crippen LogP contribution >= 0.6 is 11.6 Å². The molecule has 2 amide bonds. The quantitative estimate of drug-likeness (QED) is 0.155. The van der Waals surface area contributed by atoms with Crippen LogP contribution < -0.4 is 35.9 Å². The number of hydrogen-bond acceptors (Lipinski definition) is 12. The van der Waals surface area contributed by atoms with Gasteiger partial charge in [-0.1, -0.05) is 11.6 Å². The summed E-state index contributed by atoms with van der Waals surface area (Å²) >= 11 is 6.62. The van der Waals surface area contributed by atoms with E-state index in [1.54, 1.807) is 36.1 Å². The van der Waals surface area contributed by atoms with E-state index in [9.17, 15) is 14.4 Å². The van der Waals surface area contributed by atoms with Gasteiger partial charge in [-0.15, -0.1) is 0 Å². The number of fused-ring (bicyclic) bond motifs is 4. The van der Waals surface area contributed by atoms with Crippen molar-refractivity contribution in [2.45, 2.75) is 68.9 Å². The summed E-state index contributed by atoms with van der Waals surface area (Å²) in [5.74, 6) is -2.16. The highest BCUT2D eigenvalue weighted by Gasteiger charge is 2.51. The second-order valence-electron chi connectivity index (χ2n) is 17.2. The number of amides is 2. The van der Waals surface area contributed by atoms with Crippen molar-refractivity contribution in [3.63, 3.8) is 0 Å². The number of anilines is 4. The maximum atomic E-state index is 15.2. The van der Waals surface area contributed by atoms with Crippen LogP contribution in [0.15, 0.2) is 47.4 Å². The molecule has 18 heteroatoms. The molecule has 2 aromatic carbocycles. The third-order valence-electron chi connectivity index (χ3n) is 13.0. The van der Waals surface area contributed by atoms with Gasteiger partial charge in [-0.05, 0) is 80.7 Å². The van der Waals surface area contributed by atoms with Gasteiger partial charge in [0.05, 0.1) is 40.6 Å². The summed E-state index contributed by atoms with van der Waals surface area (Å²) in [5, 5.41) is 15.2. The minimum atomic E-state index is -3.13. The number of benzene rings is 2. The van der Waals surface area contributed by atoms with E-state index in [1.807, 2.05) is 25.2 Å². The standard InChI is InChI=1S/C43H47ClF2N10O5/c1-53-32-9-5-25(17-30(32)36-37(41(53)59)60-22-43(45,46)38(50-36)24-3-4-24)48-39-31(44)19-47-42(51-39)56-15-11-23(12-16-56)20-55-14-13-27(21-55)61-26-6-7-28-33(18-26)54(2)52-35(28)29-8-10-34(57)49-40(29)58/h5-7,9,17-19,23-24,27,29,38,50H,3-4,8,10-16,20-22H2,1-2H3,(H,47,48,51)(H,49,57,58). The molecule has 61 heavy (non-hydrogen) atoms. The summed E-state index contributed by atoms with van der Waals surface area (Å²) in [5.41, 5.74) is 2.56. The second kappa shape index (κ2) is 15.4. The fourth-order valence-electron chi connectivity index (χ4n) is 9.50. The van der Waals surface area contributed by atoms with E-state index in [-0.39, 0.29) is 35.3 Å². The van der Waals surface area contributed by atoms with Gasteiger partial charge in [0.25, 0.3) is 5.56 Å². The van der Waals surface area contributed by atoms with E-state index in [4.69, 9.17) is 26.1 Å². The lowest BCUT2D eigenvalue weighted by Gasteiger charge is -2.34. The molecule has 5 aromatic rings. The molecule has 320 valence electrons. The fraction of sp³-hybridized carbons (Fsp3) is 0.488. The molecule has 10 rings (SSSR count). The Balaban J connectivity index is 0.762. The van der Waals surface area contributed by atoms with Crippen LogP contribution in [-0.2, 0) is 23.7 Å². The number of aryl methyl sites for hydroxylation is 2. The SMILES string of the molecule is Cn1nc(C2CCC(=O)NC2=O)c2ccc(OC3CCN(CC4CCN(c5ncc(Cl)c(Nc6ccc7c(c6)c6c(c(=O)n7C)OCC(F)(F)C(C7CC7)N6)n5)CC4)C3)cc21. The third-order valence-corrected chi connectivity index (χ3v) is 13.2. The number of nitrogens with zero attached hydrogens (tertiary/aromatic N) is 7. The van der Waals surface area contributed by atoms with Crippen LogP contribution in [0, 0.1) is 11.8 Å². The van der Waals surface area contributed by atoms with Gasteiger partial charge in [0, 0.05) is 75.8 Å². The van der Waals surface area contributed by atoms with E-state index in [2.05, 4.69) is 35.8 Å². The van der Waals surface area contributed by atoms with Crippen molar-refractivity contribution < 1.29 is 27.8 Å². The molecule has 3 aromatic heterocycles. The Hall–Kier alpha value is -5.55. The molecule has 3 N–H and O–H groups in total. The first-order valence-corrected chi connectivity index (χ1v) is 21.4. The molecule has 0 radical (unpaired) electrons. The molecule has 3 atom stereocenters. The van der Waals surface area contributed by atoms with E-state index < -0.39 is 30.0 Å². The molecule has 4 aliphatic heterocycles. The Kier molecular flexibility index (Phi) is 10.0. The molecular weight excluding hydrogens is 810 g/mol. The second-order valence-corrected chi connectivity index (χ2v) is 17.6. The molecule has 7 heterocycles. The van der Waals surface area contributed by atoms with Crippen molar-refractivity contribution in [2.75, 3.05) is 54.9 Å². The number of nitrogens with one attached hydrogen (secondary N) is 3. The number of carbonyl (C=O) groups excluding carboxylic acids is 2. The minimum absolute atomic E-state index is 0.0622. The van der Waals surface area contributed by atoms with Crippen LogP contribution in [0.1, 0.15) is 56.6 Å². The molecule has 5 aliphatic rings. The largest absolute Gasteiger partial charge is 0.489 e. The van der Waals surface area contributed by atoms with Crippen molar-refractivity contribution in [3.8, 4) is 11.5 Å². The molecule has 1 saturated carbocycles. The molecule has 1 aliphatic carbocycles. The Labute approximate surface area is 354 Å². The third kappa shape index (κ3) is 7.59. The normalized spacial score (nSPS) is 23.4. The number of pyridine rings is 1. The first-order valence-electron chi connectivity index (χ1n) is 21.1. The van der Waals surface area contributed by atoms with E-state index in [1.165, 1.54) is 4.57 Å². The van der Waals surface area contributed by atoms with Gasteiger partial charge in [0.2, 0.25) is 23.5 Å². The predicted molar refractivity (Wildman–Crippen MR) is 226 cm³/mol. The number of likely N-dealkylation sites (tertiary alicyclic amines) is 1. The van der Waals surface area contributed by atoms with Gasteiger partial charge in [-0.3, -0.25) is 29.3 Å². The molecule has 4 fully saturated rings. The lowest BCUT2D eigenvalue weighted by Crippen LogP contribution is -2.44. The summed E-state index contributed by atoms with van der Waals surface area (Å²) in [4.78, 5) is 51.5. The topological polar surface area (TPSA) is 161 Å². The highest BCUT2D eigenvalue weighted by atomic mass is 35.5. The lowest BCUT2D eigenvalue weighted by atomic mass is 9.93. The molecule has 3 saturated heterocycles. The zero-order valence-electron chi connectivity index (χ0n) is 33.9. The monoisotopic (exact) mass is 856 g/mol. The number of halogens is 3. The highest BCUT2D eigenvalue weighted by Crippen LogP contribution is 2.46. The zero-order valence-corrected chi connectivity index (χ0v) is 34.7. The van der Waals surface area contributed by atoms with Crippen LogP contribution in [0.4, 0.5) is 31.9 Å². The summed E-state index contributed by atoms with van der Waals surface area (Å²) in [6, 6.07) is 10.1. The summed E-state index contributed by atoms with van der Waals surface area (Å²) in [7, 11) is 3.46. The maximum Gasteiger partial charge on any atom is 0.301 e. The molecular formula is C43H47ClF2N10O5. The van der Waals surface area contributed by atoms with Crippen LogP contribution in [-0.4, -0.2) is 98.4 Å². The number of imide groups is 1. The van der Waals surface area contributed by atoms with E-state index >= 15 is 8.78 Å². The van der Waals surface area contributed by atoms with Gasteiger partial charge in [-0.2, -0.15) is 10.1 Å². The van der Waals surface area contributed by atoms with Crippen molar-refractivity contribution >= 4 is 68.4 Å². The summed E-state index contributed by atoms with van der Waals surface area (Å²) < 4.78 is 45.5. The van der Waals surface area contributed by atoms with Crippen molar-refractivity contribution in [1.29, 1.82) is 0 Å². The molecule has 15 nitrogen and oxygen atoms in total. The molecule has 3 unspecified atom stereocenters. The van der Waals surface area contributed by atoms with E-state index in [0.29, 0.717) is 70.7 Å². The van der Waals surface area contributed by atoms with Crippen LogP contribution in [0.2, 0.25) is 5.02 Å². The first-order chi connectivity index (χ1) is 29.4. The van der Waals surface area contributed by atoms with Crippen LogP contribution in [0.25, 0.3) is 21.8 Å². The minimum Gasteiger partial charge on any atom is -0.489 e. The highest BCUT2D eigenvalue weighted by molar-refractivity contribution is 6.33. The number of ether oxygens (including phenoxy) is 2. The smallest absolute Gasteiger partial charge is 0.301 e. The predicted octanol–water partition coefficient (Wildman–Crippen LogP) is 5.72. The van der Waals surface area contributed by atoms with Crippen LogP contribution in [0.3, 0.4) is 0 Å². The van der Waals surface area contributed by atoms with Crippen molar-refractivity contribution in [1.82, 2.24) is 34.5 Å². The Morgan fingerprint density at radius 2 is 1.80 bits per heavy atom. The summed E-state index contributed by atoms with van der Waals surface area (Å²) in [6.07, 6.45) is 6.69. The number of piperidine rings is 2. The Morgan fingerprint density at radius 3 is 2.59 bits per heavy atom. The molecule has 0 spiro atoms. The Bertz CT molecular complexity index is 2630. The zero-order chi connectivity index (χ0) is 42.2. The number of aromatic nitrogens is 5. The number of hydrogen-bond donors (Lipinski definition) is 3. The maximum absolute atomic E-state index is 15.2. The first kappa shape index (κ1) is 39.6. The number of alkyl halides is 2. The van der Waals surface area contributed by atoms with Gasteiger partial charge in [-0.25, -0.2) is 13.8 Å². The number of rotatable bonds is 9. The van der Waals surface area contributed by atoms with Gasteiger partial charge >= 0.3 is 5.92 Å². The van der Waals surface area contributed by atoms with Crippen LogP contribution in [0.5, 0.6) is 11.5 Å². The van der Waals surface area contributed by atoms with Gasteiger partial charge < -0.3 is 29.6 Å². The average Bonchev–Trinajstić information content (AvgIpc) is 3.93. The lowest BCUT2D eigenvalue weighted by molar-refractivity contribution is -0.134. The summed E-state index contributed by atoms with van der Waals surface area (Å²) in [6.45, 7) is 3.50. The molecule has 0 bridgehead atoms. The van der Waals surface area contributed by atoms with Crippen molar-refractivity contribution in [2.24, 2.45) is 25.9 Å². The average molecular weight is 857 g/mol. The van der Waals surface area contributed by atoms with Gasteiger partial charge in [0.1, 0.15) is 16.9 Å². The Morgan fingerprint density at radius 1 is 0.984 bits per heavy atom. The van der Waals surface area contributed by atoms with E-state index in [0.717, 1.165) is 68.6 Å². The van der Waals surface area contributed by atoms with Gasteiger partial charge in [0.15, 0.2) is 12.4 Å². The van der Waals surface area contributed by atoms with Crippen molar-refractivity contribution in [3.05, 3.63) is 63.7 Å².